The van der Waals surface area contributed by atoms with Crippen molar-refractivity contribution >= 4 is 12.3 Å². The lowest BCUT2D eigenvalue weighted by molar-refractivity contribution is -0.155. The molecule has 0 bridgehead atoms. The Kier molecular flexibility index (Phi) is 3.90. The topological polar surface area (TPSA) is 74.6 Å². The molecule has 0 aromatic heterocycles. The molecule has 0 aliphatic heterocycles. The van der Waals surface area contributed by atoms with Gasteiger partial charge in [0.05, 0.1) is 5.60 Å². The summed E-state index contributed by atoms with van der Waals surface area (Å²) >= 11 is 0. The Balaban J connectivity index is 1.91. The van der Waals surface area contributed by atoms with Crippen LogP contribution in [0, 0.1) is 34.5 Å². The number of carboxylic acids is 1. The summed E-state index contributed by atoms with van der Waals surface area (Å²) in [5.74, 6) is 0.324. The molecule has 130 valence electrons. The Morgan fingerprint density at radius 1 is 1.09 bits per heavy atom. The Morgan fingerprint density at radius 3 is 2.35 bits per heavy atom. The van der Waals surface area contributed by atoms with Crippen LogP contribution in [0.25, 0.3) is 0 Å². The molecule has 2 N–H and O–H groups in total. The van der Waals surface area contributed by atoms with E-state index in [4.69, 9.17) is 0 Å². The number of rotatable bonds is 3. The van der Waals surface area contributed by atoms with Gasteiger partial charge in [0, 0.05) is 11.8 Å². The van der Waals surface area contributed by atoms with E-state index in [1.807, 2.05) is 13.8 Å². The summed E-state index contributed by atoms with van der Waals surface area (Å²) in [5.41, 5.74) is -1.20. The highest BCUT2D eigenvalue weighted by Crippen LogP contribution is 2.66. The fourth-order valence-electron chi connectivity index (χ4n) is 6.43. The van der Waals surface area contributed by atoms with Crippen LogP contribution in [-0.2, 0) is 9.59 Å². The number of carboxylic acid groups (broad SMARTS) is 1. The van der Waals surface area contributed by atoms with Crippen molar-refractivity contribution in [1.29, 1.82) is 0 Å². The summed E-state index contributed by atoms with van der Waals surface area (Å²) in [6.45, 7) is 6.19. The minimum absolute atomic E-state index is 0.0509. The Morgan fingerprint density at radius 2 is 1.74 bits per heavy atom. The summed E-state index contributed by atoms with van der Waals surface area (Å²) in [6.07, 6.45) is 6.70. The fourth-order valence-corrected chi connectivity index (χ4v) is 6.43. The fraction of sp³-hybridized carbons (Fsp3) is 0.895. The van der Waals surface area contributed by atoms with Crippen LogP contribution in [0.4, 0.5) is 0 Å². The molecular weight excluding hydrogens is 292 g/mol. The quantitative estimate of drug-likeness (QED) is 0.782. The molecule has 0 saturated heterocycles. The molecule has 3 rings (SSSR count). The molecule has 23 heavy (non-hydrogen) atoms. The van der Waals surface area contributed by atoms with E-state index in [0.717, 1.165) is 44.8 Å². The second-order valence-corrected chi connectivity index (χ2v) is 9.00. The Hall–Kier alpha value is -0.900. The van der Waals surface area contributed by atoms with Crippen LogP contribution in [0.3, 0.4) is 0 Å². The first kappa shape index (κ1) is 16.9. The van der Waals surface area contributed by atoms with Crippen molar-refractivity contribution < 1.29 is 19.8 Å². The number of aliphatic carboxylic acids is 1. The van der Waals surface area contributed by atoms with E-state index in [2.05, 4.69) is 6.92 Å². The Bertz CT molecular complexity index is 513. The van der Waals surface area contributed by atoms with Gasteiger partial charge < -0.3 is 15.0 Å². The third-order valence-corrected chi connectivity index (χ3v) is 8.20. The van der Waals surface area contributed by atoms with Crippen LogP contribution in [0.15, 0.2) is 0 Å². The van der Waals surface area contributed by atoms with Crippen LogP contribution in [-0.4, -0.2) is 28.1 Å². The molecule has 0 aromatic rings. The summed E-state index contributed by atoms with van der Waals surface area (Å²) in [6, 6.07) is 0. The van der Waals surface area contributed by atoms with Crippen molar-refractivity contribution in [3.8, 4) is 0 Å². The van der Waals surface area contributed by atoms with E-state index in [9.17, 15) is 19.8 Å². The van der Waals surface area contributed by atoms with Gasteiger partial charge >= 0.3 is 5.97 Å². The van der Waals surface area contributed by atoms with E-state index in [1.54, 1.807) is 0 Å². The third kappa shape index (κ3) is 2.28. The number of aldehydes is 1. The number of carbonyl (C=O) groups is 2. The van der Waals surface area contributed by atoms with Gasteiger partial charge in [-0.3, -0.25) is 4.79 Å². The first-order valence-corrected chi connectivity index (χ1v) is 9.06. The molecule has 3 saturated carbocycles. The molecule has 3 aliphatic carbocycles. The smallest absolute Gasteiger partial charge is 0.303 e. The molecule has 7 atom stereocenters. The lowest BCUT2D eigenvalue weighted by Crippen LogP contribution is -2.55. The molecule has 4 heteroatoms. The number of hydrogen-bond acceptors (Lipinski definition) is 3. The summed E-state index contributed by atoms with van der Waals surface area (Å²) < 4.78 is 0. The molecule has 3 fully saturated rings. The predicted octanol–water partition coefficient (Wildman–Crippen LogP) is 3.27. The lowest BCUT2D eigenvalue weighted by atomic mass is 9.47. The van der Waals surface area contributed by atoms with Crippen LogP contribution >= 0.6 is 0 Å². The number of aliphatic hydroxyl groups is 1. The number of carbonyl (C=O) groups excluding carboxylic acids is 1. The molecule has 0 radical (unpaired) electrons. The first-order chi connectivity index (χ1) is 10.7. The largest absolute Gasteiger partial charge is 0.481 e. The maximum atomic E-state index is 12.0. The van der Waals surface area contributed by atoms with Gasteiger partial charge in [0.15, 0.2) is 0 Å². The normalized spacial score (nSPS) is 52.5. The molecule has 0 aromatic carbocycles. The lowest BCUT2D eigenvalue weighted by Gasteiger charge is -2.58. The number of fused-ring (bicyclic) bond motifs is 3. The molecule has 3 unspecified atom stereocenters. The maximum Gasteiger partial charge on any atom is 0.303 e. The van der Waals surface area contributed by atoms with E-state index < -0.39 is 17.0 Å². The molecule has 0 spiro atoms. The van der Waals surface area contributed by atoms with Gasteiger partial charge in [0.2, 0.25) is 0 Å². The van der Waals surface area contributed by atoms with Crippen molar-refractivity contribution in [1.82, 2.24) is 0 Å². The monoisotopic (exact) mass is 322 g/mol. The van der Waals surface area contributed by atoms with Gasteiger partial charge in [0.1, 0.15) is 6.29 Å². The molecule has 0 amide bonds. The van der Waals surface area contributed by atoms with Crippen LogP contribution in [0.2, 0.25) is 0 Å². The zero-order chi connectivity index (χ0) is 17.0. The van der Waals surface area contributed by atoms with Crippen molar-refractivity contribution in [3.63, 3.8) is 0 Å². The van der Waals surface area contributed by atoms with E-state index in [1.165, 1.54) is 0 Å². The zero-order valence-corrected chi connectivity index (χ0v) is 14.5. The van der Waals surface area contributed by atoms with Crippen LogP contribution in [0.1, 0.15) is 65.7 Å². The Labute approximate surface area is 138 Å². The van der Waals surface area contributed by atoms with Crippen molar-refractivity contribution in [2.45, 2.75) is 71.3 Å². The van der Waals surface area contributed by atoms with Crippen molar-refractivity contribution in [2.75, 3.05) is 0 Å². The molecule has 4 nitrogen and oxygen atoms in total. The highest BCUT2D eigenvalue weighted by molar-refractivity contribution is 5.69. The molecular formula is C19H30O4. The molecule has 3 aliphatic rings. The average molecular weight is 322 g/mol. The summed E-state index contributed by atoms with van der Waals surface area (Å²) in [5, 5.41) is 20.1. The van der Waals surface area contributed by atoms with Gasteiger partial charge in [-0.25, -0.2) is 0 Å². The summed E-state index contributed by atoms with van der Waals surface area (Å²) in [4.78, 5) is 23.2. The highest BCUT2D eigenvalue weighted by Gasteiger charge is 2.62. The van der Waals surface area contributed by atoms with E-state index >= 15 is 0 Å². The van der Waals surface area contributed by atoms with E-state index in [-0.39, 0.29) is 23.7 Å². The SMILES string of the molecule is C[C@]1(O)CCC2C3CC[C@@H](CC(=O)O)[C@](C)(C=O)C3CC[C@@]21C. The van der Waals surface area contributed by atoms with Crippen LogP contribution < -0.4 is 0 Å². The molecule has 0 heterocycles. The van der Waals surface area contributed by atoms with Crippen molar-refractivity contribution in [2.24, 2.45) is 34.5 Å². The van der Waals surface area contributed by atoms with Gasteiger partial charge in [0.25, 0.3) is 0 Å². The van der Waals surface area contributed by atoms with E-state index in [0.29, 0.717) is 11.8 Å². The van der Waals surface area contributed by atoms with Gasteiger partial charge in [-0.05, 0) is 74.5 Å². The standard InChI is InChI=1S/C19H30O4/c1-17(11-20)12(10-16(21)22)4-5-13-14(17)6-8-18(2)15(13)7-9-19(18,3)23/h11-15,23H,4-10H2,1-3H3,(H,21,22)/t12-,13?,14?,15?,17-,18-,19-/m0/s1. The highest BCUT2D eigenvalue weighted by atomic mass is 16.4. The third-order valence-electron chi connectivity index (χ3n) is 8.20. The minimum Gasteiger partial charge on any atom is -0.481 e. The average Bonchev–Trinajstić information content (AvgIpc) is 2.72. The van der Waals surface area contributed by atoms with Gasteiger partial charge in [-0.15, -0.1) is 0 Å². The first-order valence-electron chi connectivity index (χ1n) is 9.06. The van der Waals surface area contributed by atoms with Gasteiger partial charge in [-0.1, -0.05) is 13.8 Å². The summed E-state index contributed by atoms with van der Waals surface area (Å²) in [7, 11) is 0. The second-order valence-electron chi connectivity index (χ2n) is 9.00. The van der Waals surface area contributed by atoms with Gasteiger partial charge in [-0.2, -0.15) is 0 Å². The number of hydrogen-bond donors (Lipinski definition) is 2. The second kappa shape index (κ2) is 5.30. The zero-order valence-electron chi connectivity index (χ0n) is 14.5. The van der Waals surface area contributed by atoms with Crippen molar-refractivity contribution in [3.05, 3.63) is 0 Å². The predicted molar refractivity (Wildman–Crippen MR) is 86.8 cm³/mol. The van der Waals surface area contributed by atoms with Crippen LogP contribution in [0.5, 0.6) is 0 Å². The maximum absolute atomic E-state index is 12.0. The minimum atomic E-state index is -0.800.